The summed E-state index contributed by atoms with van der Waals surface area (Å²) in [6.07, 6.45) is 0.916. The predicted molar refractivity (Wildman–Crippen MR) is 112 cm³/mol. The summed E-state index contributed by atoms with van der Waals surface area (Å²) in [5.74, 6) is 1.07. The number of aliphatic imine (C=N–C) groups is 1. The third kappa shape index (κ3) is 2.67. The molecule has 0 saturated carbocycles. The molecule has 0 aliphatic carbocycles. The van der Waals surface area contributed by atoms with Crippen LogP contribution in [0.15, 0.2) is 71.7 Å². The smallest absolute Gasteiger partial charge is 0.177 e. The van der Waals surface area contributed by atoms with Crippen LogP contribution in [0, 0.1) is 6.92 Å². The lowest BCUT2D eigenvalue weighted by Crippen LogP contribution is -2.11. The molecule has 132 valence electrons. The van der Waals surface area contributed by atoms with Crippen LogP contribution in [0.4, 0.5) is 5.82 Å². The van der Waals surface area contributed by atoms with Crippen LogP contribution in [0.25, 0.3) is 22.0 Å². The SMILES string of the molecule is CC1=Nc2n[nH]c(-c3ccc(C)cc3)c2C(c2cccc3ccccc23)C1. The molecule has 5 rings (SSSR count). The third-order valence-corrected chi connectivity index (χ3v) is 5.47. The van der Waals surface area contributed by atoms with Gasteiger partial charge in [0.1, 0.15) is 0 Å². The second-order valence-electron chi connectivity index (χ2n) is 7.37. The molecular formula is C24H21N3. The standard InChI is InChI=1S/C24H21N3/c1-15-10-12-18(13-11-15)23-22-21(14-16(2)25-24(22)27-26-23)20-9-5-7-17-6-3-4-8-19(17)20/h3-13,21H,14H2,1-2H3,(H,26,27). The van der Waals surface area contributed by atoms with Crippen molar-refractivity contribution < 1.29 is 0 Å². The number of aromatic nitrogens is 2. The second kappa shape index (κ2) is 6.20. The number of aromatic amines is 1. The quantitative estimate of drug-likeness (QED) is 0.461. The van der Waals surface area contributed by atoms with Crippen LogP contribution in [0.1, 0.15) is 36.0 Å². The van der Waals surface area contributed by atoms with E-state index < -0.39 is 0 Å². The van der Waals surface area contributed by atoms with E-state index in [1.807, 2.05) is 0 Å². The monoisotopic (exact) mass is 351 g/mol. The Hall–Kier alpha value is -3.20. The number of nitrogens with zero attached hydrogens (tertiary/aromatic N) is 2. The third-order valence-electron chi connectivity index (χ3n) is 5.47. The molecule has 1 aliphatic rings. The highest BCUT2D eigenvalue weighted by atomic mass is 15.2. The first-order chi connectivity index (χ1) is 13.2. The van der Waals surface area contributed by atoms with Gasteiger partial charge in [-0.3, -0.25) is 5.10 Å². The summed E-state index contributed by atoms with van der Waals surface area (Å²) in [6, 6.07) is 23.8. The number of benzene rings is 3. The molecule has 0 radical (unpaired) electrons. The first-order valence-corrected chi connectivity index (χ1v) is 9.38. The first-order valence-electron chi connectivity index (χ1n) is 9.38. The summed E-state index contributed by atoms with van der Waals surface area (Å²) in [5, 5.41) is 10.4. The van der Waals surface area contributed by atoms with Gasteiger partial charge in [0.25, 0.3) is 0 Å². The molecule has 1 N–H and O–H groups in total. The van der Waals surface area contributed by atoms with E-state index in [9.17, 15) is 0 Å². The van der Waals surface area contributed by atoms with E-state index >= 15 is 0 Å². The fourth-order valence-electron chi connectivity index (χ4n) is 4.14. The number of fused-ring (bicyclic) bond motifs is 2. The van der Waals surface area contributed by atoms with Crippen molar-refractivity contribution in [3.8, 4) is 11.3 Å². The molecule has 3 aromatic carbocycles. The van der Waals surface area contributed by atoms with Gasteiger partial charge in [0.15, 0.2) is 5.82 Å². The minimum Gasteiger partial charge on any atom is -0.275 e. The topological polar surface area (TPSA) is 41.0 Å². The van der Waals surface area contributed by atoms with Gasteiger partial charge in [0.2, 0.25) is 0 Å². The molecule has 3 heteroatoms. The van der Waals surface area contributed by atoms with Crippen molar-refractivity contribution in [3.05, 3.63) is 83.4 Å². The lowest BCUT2D eigenvalue weighted by atomic mass is 9.82. The summed E-state index contributed by atoms with van der Waals surface area (Å²) in [5.41, 5.74) is 7.18. The molecule has 27 heavy (non-hydrogen) atoms. The lowest BCUT2D eigenvalue weighted by molar-refractivity contribution is 0.847. The van der Waals surface area contributed by atoms with E-state index in [0.29, 0.717) is 0 Å². The Balaban J connectivity index is 1.74. The van der Waals surface area contributed by atoms with Gasteiger partial charge in [-0.05, 0) is 42.2 Å². The molecular weight excluding hydrogens is 330 g/mol. The number of hydrogen-bond donors (Lipinski definition) is 1. The van der Waals surface area contributed by atoms with Crippen molar-refractivity contribution >= 4 is 22.3 Å². The fraction of sp³-hybridized carbons (Fsp3) is 0.167. The summed E-state index contributed by atoms with van der Waals surface area (Å²) in [7, 11) is 0. The van der Waals surface area contributed by atoms with Gasteiger partial charge in [0.05, 0.1) is 5.69 Å². The van der Waals surface area contributed by atoms with Crippen LogP contribution in [0.2, 0.25) is 0 Å². The Morgan fingerprint density at radius 3 is 2.52 bits per heavy atom. The minimum atomic E-state index is 0.249. The van der Waals surface area contributed by atoms with Crippen molar-refractivity contribution in [1.29, 1.82) is 0 Å². The molecule has 1 aromatic heterocycles. The number of hydrogen-bond acceptors (Lipinski definition) is 2. The first kappa shape index (κ1) is 16.0. The van der Waals surface area contributed by atoms with Gasteiger partial charge in [-0.1, -0.05) is 72.3 Å². The molecule has 2 heterocycles. The molecule has 3 nitrogen and oxygen atoms in total. The van der Waals surface area contributed by atoms with Crippen LogP contribution in [0.5, 0.6) is 0 Å². The van der Waals surface area contributed by atoms with Gasteiger partial charge in [0, 0.05) is 17.2 Å². The highest BCUT2D eigenvalue weighted by molar-refractivity contribution is 5.93. The summed E-state index contributed by atoms with van der Waals surface area (Å²) >= 11 is 0. The van der Waals surface area contributed by atoms with Gasteiger partial charge in [-0.15, -0.1) is 0 Å². The van der Waals surface area contributed by atoms with Crippen molar-refractivity contribution in [2.75, 3.05) is 0 Å². The highest BCUT2D eigenvalue weighted by Crippen LogP contribution is 2.44. The number of aryl methyl sites for hydroxylation is 1. The Morgan fingerprint density at radius 1 is 0.889 bits per heavy atom. The van der Waals surface area contributed by atoms with Gasteiger partial charge >= 0.3 is 0 Å². The second-order valence-corrected chi connectivity index (χ2v) is 7.37. The molecule has 0 spiro atoms. The van der Waals surface area contributed by atoms with E-state index in [-0.39, 0.29) is 5.92 Å². The maximum Gasteiger partial charge on any atom is 0.177 e. The normalized spacial score (nSPS) is 16.2. The molecule has 0 fully saturated rings. The van der Waals surface area contributed by atoms with E-state index in [0.717, 1.165) is 29.2 Å². The fourth-order valence-corrected chi connectivity index (χ4v) is 4.14. The lowest BCUT2D eigenvalue weighted by Gasteiger charge is -2.23. The van der Waals surface area contributed by atoms with E-state index in [1.165, 1.54) is 27.5 Å². The Kier molecular flexibility index (Phi) is 3.68. The number of rotatable bonds is 2. The van der Waals surface area contributed by atoms with Gasteiger partial charge in [-0.25, -0.2) is 4.99 Å². The molecule has 0 bridgehead atoms. The number of nitrogens with one attached hydrogen (secondary N) is 1. The summed E-state index contributed by atoms with van der Waals surface area (Å²) < 4.78 is 0. The van der Waals surface area contributed by atoms with E-state index in [1.54, 1.807) is 0 Å². The average molecular weight is 351 g/mol. The van der Waals surface area contributed by atoms with Crippen LogP contribution in [0.3, 0.4) is 0 Å². The van der Waals surface area contributed by atoms with Gasteiger partial charge < -0.3 is 0 Å². The Bertz CT molecular complexity index is 1160. The predicted octanol–water partition coefficient (Wildman–Crippen LogP) is 6.17. The van der Waals surface area contributed by atoms with Crippen LogP contribution in [-0.2, 0) is 0 Å². The van der Waals surface area contributed by atoms with E-state index in [2.05, 4.69) is 90.8 Å². The van der Waals surface area contributed by atoms with Crippen LogP contribution >= 0.6 is 0 Å². The Labute approximate surface area is 158 Å². The van der Waals surface area contributed by atoms with Crippen LogP contribution in [-0.4, -0.2) is 15.9 Å². The van der Waals surface area contributed by atoms with Crippen molar-refractivity contribution in [3.63, 3.8) is 0 Å². The maximum atomic E-state index is 4.74. The average Bonchev–Trinajstić information content (AvgIpc) is 3.11. The van der Waals surface area contributed by atoms with Crippen molar-refractivity contribution in [2.45, 2.75) is 26.2 Å². The molecule has 1 aliphatic heterocycles. The number of H-pyrrole nitrogens is 1. The van der Waals surface area contributed by atoms with E-state index in [4.69, 9.17) is 4.99 Å². The zero-order chi connectivity index (χ0) is 18.4. The van der Waals surface area contributed by atoms with Gasteiger partial charge in [-0.2, -0.15) is 5.10 Å². The molecule has 4 aromatic rings. The molecule has 1 unspecified atom stereocenters. The zero-order valence-corrected chi connectivity index (χ0v) is 15.5. The molecule has 0 saturated heterocycles. The maximum absolute atomic E-state index is 4.74. The molecule has 1 atom stereocenters. The van der Waals surface area contributed by atoms with Crippen LogP contribution < -0.4 is 0 Å². The zero-order valence-electron chi connectivity index (χ0n) is 15.5. The highest BCUT2D eigenvalue weighted by Gasteiger charge is 2.29. The largest absolute Gasteiger partial charge is 0.275 e. The summed E-state index contributed by atoms with van der Waals surface area (Å²) in [6.45, 7) is 4.21. The van der Waals surface area contributed by atoms with Crippen molar-refractivity contribution in [2.24, 2.45) is 4.99 Å². The Morgan fingerprint density at radius 2 is 1.67 bits per heavy atom. The molecule has 0 amide bonds. The van der Waals surface area contributed by atoms with Crippen molar-refractivity contribution in [1.82, 2.24) is 10.2 Å². The minimum absolute atomic E-state index is 0.249. The summed E-state index contributed by atoms with van der Waals surface area (Å²) in [4.78, 5) is 4.74.